The highest BCUT2D eigenvalue weighted by molar-refractivity contribution is 5.79. The van der Waals surface area contributed by atoms with Gasteiger partial charge in [0.25, 0.3) is 0 Å². The lowest BCUT2D eigenvalue weighted by atomic mass is 9.66. The molecule has 0 saturated carbocycles. The zero-order chi connectivity index (χ0) is 29.3. The van der Waals surface area contributed by atoms with Crippen LogP contribution < -0.4 is 18.9 Å². The summed E-state index contributed by atoms with van der Waals surface area (Å²) in [7, 11) is 2.86. The number of rotatable bonds is 5. The molecule has 5 unspecified atom stereocenters. The van der Waals surface area contributed by atoms with Crippen LogP contribution in [0.2, 0.25) is 0 Å². The molecule has 4 aliphatic heterocycles. The van der Waals surface area contributed by atoms with Crippen LogP contribution in [0.4, 0.5) is 0 Å². The molecule has 1 aliphatic carbocycles. The van der Waals surface area contributed by atoms with E-state index < -0.39 is 66.8 Å². The van der Waals surface area contributed by atoms with Gasteiger partial charge < -0.3 is 58.0 Å². The van der Waals surface area contributed by atoms with Gasteiger partial charge in [0.15, 0.2) is 35.6 Å². The third kappa shape index (κ3) is 4.26. The number of phenolic OH excluding ortho intramolecular Hbond substituents is 1. The van der Waals surface area contributed by atoms with Crippen molar-refractivity contribution >= 4 is 5.97 Å². The van der Waals surface area contributed by atoms with Crippen molar-refractivity contribution in [3.05, 3.63) is 41.0 Å². The van der Waals surface area contributed by atoms with Gasteiger partial charge in [-0.05, 0) is 47.9 Å². The first-order valence-electron chi connectivity index (χ1n) is 13.8. The maximum atomic E-state index is 13.4. The molecule has 10 atom stereocenters. The molecular formula is C29H32O13. The number of phenols is 1. The van der Waals surface area contributed by atoms with E-state index in [0.717, 1.165) is 0 Å². The van der Waals surface area contributed by atoms with Crippen LogP contribution in [0.25, 0.3) is 0 Å². The lowest BCUT2D eigenvalue weighted by molar-refractivity contribution is -0.364. The van der Waals surface area contributed by atoms with Crippen LogP contribution in [0.15, 0.2) is 24.3 Å². The first-order valence-corrected chi connectivity index (χ1v) is 13.8. The maximum absolute atomic E-state index is 13.4. The Balaban J connectivity index is 1.32. The van der Waals surface area contributed by atoms with Crippen molar-refractivity contribution in [2.24, 2.45) is 11.8 Å². The zero-order valence-corrected chi connectivity index (χ0v) is 23.1. The highest BCUT2D eigenvalue weighted by atomic mass is 16.8. The highest BCUT2D eigenvalue weighted by Gasteiger charge is 2.56. The van der Waals surface area contributed by atoms with Gasteiger partial charge in [-0.2, -0.15) is 0 Å². The van der Waals surface area contributed by atoms with Crippen molar-refractivity contribution in [1.29, 1.82) is 0 Å². The monoisotopic (exact) mass is 588 g/mol. The normalized spacial score (nSPS) is 36.5. The van der Waals surface area contributed by atoms with E-state index in [0.29, 0.717) is 28.2 Å². The number of methoxy groups -OCH3 is 2. The summed E-state index contributed by atoms with van der Waals surface area (Å²) in [6.07, 6.45) is -6.80. The molecule has 0 bridgehead atoms. The van der Waals surface area contributed by atoms with Gasteiger partial charge in [0.2, 0.25) is 12.5 Å². The Labute approximate surface area is 240 Å². The quantitative estimate of drug-likeness (QED) is 0.430. The average molecular weight is 589 g/mol. The van der Waals surface area contributed by atoms with Crippen LogP contribution in [0.5, 0.6) is 28.7 Å². The van der Waals surface area contributed by atoms with Crippen molar-refractivity contribution in [3.63, 3.8) is 0 Å². The van der Waals surface area contributed by atoms with E-state index in [1.807, 2.05) is 0 Å². The Hall–Kier alpha value is -3.33. The molecule has 13 nitrogen and oxygen atoms in total. The summed E-state index contributed by atoms with van der Waals surface area (Å²) >= 11 is 0. The fourth-order valence-electron chi connectivity index (χ4n) is 6.74. The number of carbonyl (C=O) groups excluding carboxylic acids is 1. The standard InChI is InChI=1S/C29H32O13/c1-11-36-9-20-27(40-11)24(31)25(32)29(41-20)42-26-14-7-17-16(38-10-39-17)6-13(14)21(22-15(26)8-37-28(22)33)12-4-18(34-2)23(30)19(5-12)35-3/h4-7,11,15,20-22,24-27,29-32H,8-10H2,1-3H3/t11?,15-,20?,21+,22-,24?,25+,26?,27+,29?/m0/s1. The van der Waals surface area contributed by atoms with Crippen molar-refractivity contribution in [3.8, 4) is 28.7 Å². The van der Waals surface area contributed by atoms with Gasteiger partial charge >= 0.3 is 5.97 Å². The molecule has 0 aromatic heterocycles. The summed E-state index contributed by atoms with van der Waals surface area (Å²) in [5, 5.41) is 32.5. The first-order chi connectivity index (χ1) is 20.3. The van der Waals surface area contributed by atoms with Gasteiger partial charge in [-0.25, -0.2) is 0 Å². The third-order valence-corrected chi connectivity index (χ3v) is 8.75. The number of aliphatic hydroxyl groups excluding tert-OH is 2. The molecule has 5 aliphatic rings. The summed E-state index contributed by atoms with van der Waals surface area (Å²) < 4.78 is 51.5. The topological polar surface area (TPSA) is 161 Å². The number of aromatic hydroxyl groups is 1. The molecule has 2 aromatic carbocycles. The Morgan fingerprint density at radius 2 is 1.57 bits per heavy atom. The number of hydrogen-bond donors (Lipinski definition) is 3. The lowest BCUT2D eigenvalue weighted by Crippen LogP contribution is -2.63. The van der Waals surface area contributed by atoms with E-state index in [1.165, 1.54) is 14.2 Å². The van der Waals surface area contributed by atoms with Crippen LogP contribution >= 0.6 is 0 Å². The summed E-state index contributed by atoms with van der Waals surface area (Å²) in [5.41, 5.74) is 2.01. The minimum absolute atomic E-state index is 0.0301. The molecule has 3 saturated heterocycles. The van der Waals surface area contributed by atoms with E-state index in [4.69, 9.17) is 42.6 Å². The number of aliphatic hydroxyl groups is 2. The summed E-state index contributed by atoms with van der Waals surface area (Å²) in [6, 6.07) is 6.93. The fraction of sp³-hybridized carbons (Fsp3) is 0.552. The summed E-state index contributed by atoms with van der Waals surface area (Å²) in [4.78, 5) is 13.4. The summed E-state index contributed by atoms with van der Waals surface area (Å²) in [6.45, 7) is 1.93. The molecule has 0 spiro atoms. The van der Waals surface area contributed by atoms with Crippen molar-refractivity contribution in [1.82, 2.24) is 0 Å². The maximum Gasteiger partial charge on any atom is 0.310 e. The number of cyclic esters (lactones) is 1. The van der Waals surface area contributed by atoms with E-state index in [-0.39, 0.29) is 37.3 Å². The highest BCUT2D eigenvalue weighted by Crippen LogP contribution is 2.57. The average Bonchev–Trinajstić information content (AvgIpc) is 3.61. The predicted molar refractivity (Wildman–Crippen MR) is 138 cm³/mol. The van der Waals surface area contributed by atoms with E-state index >= 15 is 0 Å². The van der Waals surface area contributed by atoms with E-state index in [9.17, 15) is 20.1 Å². The van der Waals surface area contributed by atoms with Crippen LogP contribution in [-0.4, -0.2) is 92.5 Å². The van der Waals surface area contributed by atoms with Gasteiger partial charge in [0.1, 0.15) is 24.4 Å². The largest absolute Gasteiger partial charge is 0.502 e. The minimum atomic E-state index is -1.44. The Morgan fingerprint density at radius 1 is 0.881 bits per heavy atom. The number of carbonyl (C=O) groups is 1. The molecule has 13 heteroatoms. The van der Waals surface area contributed by atoms with Crippen molar-refractivity contribution in [2.75, 3.05) is 34.2 Å². The van der Waals surface area contributed by atoms with Crippen LogP contribution in [0, 0.1) is 11.8 Å². The predicted octanol–water partition coefficient (Wildman–Crippen LogP) is 1.34. The van der Waals surface area contributed by atoms with Crippen LogP contribution in [0.1, 0.15) is 35.6 Å². The number of hydrogen-bond acceptors (Lipinski definition) is 13. The molecular weight excluding hydrogens is 556 g/mol. The Morgan fingerprint density at radius 3 is 2.26 bits per heavy atom. The minimum Gasteiger partial charge on any atom is -0.502 e. The lowest BCUT2D eigenvalue weighted by Gasteiger charge is -2.47. The Kier molecular flexibility index (Phi) is 6.83. The molecule has 42 heavy (non-hydrogen) atoms. The van der Waals surface area contributed by atoms with Gasteiger partial charge in [-0.3, -0.25) is 4.79 Å². The van der Waals surface area contributed by atoms with Gasteiger partial charge in [0.05, 0.1) is 39.5 Å². The molecule has 3 N–H and O–H groups in total. The van der Waals surface area contributed by atoms with Gasteiger partial charge in [0, 0.05) is 11.8 Å². The van der Waals surface area contributed by atoms with Crippen molar-refractivity contribution in [2.45, 2.75) is 55.9 Å². The number of benzene rings is 2. The molecule has 0 radical (unpaired) electrons. The van der Waals surface area contributed by atoms with Crippen molar-refractivity contribution < 1.29 is 62.7 Å². The number of esters is 1. The van der Waals surface area contributed by atoms with E-state index in [1.54, 1.807) is 31.2 Å². The molecule has 7 rings (SSSR count). The SMILES string of the molecule is COc1cc([C@@H]2c3cc4c(cc3C(OC3OC5COC(C)O[C@H]5C(O)[C@H]3O)[C@H]3COC(=O)[C@H]23)OCO4)cc(OC)c1O. The van der Waals surface area contributed by atoms with Gasteiger partial charge in [-0.15, -0.1) is 0 Å². The second-order valence-electron chi connectivity index (χ2n) is 11.0. The second kappa shape index (κ2) is 10.4. The molecule has 2 aromatic rings. The van der Waals surface area contributed by atoms with Gasteiger partial charge in [-0.1, -0.05) is 0 Å². The second-order valence-corrected chi connectivity index (χ2v) is 11.0. The third-order valence-electron chi connectivity index (χ3n) is 8.75. The molecule has 0 amide bonds. The number of fused-ring (bicyclic) bond motifs is 4. The fourth-order valence-corrected chi connectivity index (χ4v) is 6.74. The molecule has 4 heterocycles. The molecule has 3 fully saturated rings. The zero-order valence-electron chi connectivity index (χ0n) is 23.1. The summed E-state index contributed by atoms with van der Waals surface area (Å²) in [5.74, 6) is -1.02. The Bertz CT molecular complexity index is 1350. The van der Waals surface area contributed by atoms with Crippen LogP contribution in [0.3, 0.4) is 0 Å². The van der Waals surface area contributed by atoms with E-state index in [2.05, 4.69) is 0 Å². The first kappa shape index (κ1) is 27.5. The molecule has 226 valence electrons. The number of ether oxygens (including phenoxy) is 9. The smallest absolute Gasteiger partial charge is 0.310 e. The van der Waals surface area contributed by atoms with Crippen LogP contribution in [-0.2, 0) is 28.5 Å².